The molecule has 0 fully saturated rings. The number of likely N-dealkylation sites (N-methyl/N-ethyl adjacent to an activating group) is 1. The normalized spacial score (nSPS) is 16.9. The Morgan fingerprint density at radius 3 is 2.14 bits per heavy atom. The van der Waals surface area contributed by atoms with Gasteiger partial charge in [0.15, 0.2) is 0 Å². The predicted octanol–water partition coefficient (Wildman–Crippen LogP) is 4.66. The van der Waals surface area contributed by atoms with E-state index in [2.05, 4.69) is 29.2 Å². The molecule has 1 aliphatic rings. The smallest absolute Gasteiger partial charge is 0.0553 e. The molecule has 0 aromatic heterocycles. The number of nitrogens with zero attached hydrogens (tertiary/aromatic N) is 2. The second-order valence-corrected chi connectivity index (χ2v) is 6.19. The highest BCUT2D eigenvalue weighted by atomic mass is 35.5. The van der Waals surface area contributed by atoms with E-state index in [1.54, 1.807) is 18.8 Å². The third-order valence-corrected chi connectivity index (χ3v) is 4.77. The Bertz CT molecular complexity index is 663. The Morgan fingerprint density at radius 2 is 1.62 bits per heavy atom. The summed E-state index contributed by atoms with van der Waals surface area (Å²) in [4.78, 5) is 6.10. The van der Waals surface area contributed by atoms with Crippen molar-refractivity contribution >= 4 is 35.5 Å². The lowest BCUT2D eigenvalue weighted by Crippen LogP contribution is -2.37. The maximum atomic E-state index is 7.61. The number of anilines is 2. The van der Waals surface area contributed by atoms with Gasteiger partial charge in [0.1, 0.15) is 0 Å². The van der Waals surface area contributed by atoms with Crippen molar-refractivity contribution in [2.75, 3.05) is 25.5 Å². The van der Waals surface area contributed by atoms with E-state index in [-0.39, 0.29) is 18.4 Å². The lowest BCUT2D eigenvalue weighted by molar-refractivity contribution is 0.319. The molecule has 4 heteroatoms. The average molecular weight is 324 g/mol. The summed E-state index contributed by atoms with van der Waals surface area (Å²) in [5, 5.41) is 0. The molecule has 0 saturated carbocycles. The zero-order chi connectivity index (χ0) is 16.6. The minimum absolute atomic E-state index is 0. The van der Waals surface area contributed by atoms with Crippen molar-refractivity contribution in [2.24, 2.45) is 0 Å². The average Bonchev–Trinajstić information content (AvgIpc) is 2.53. The molecule has 3 rings (SSSR count). The number of hydrogen-bond acceptors (Lipinski definition) is 3. The molecule has 21 heavy (non-hydrogen) atoms. The van der Waals surface area contributed by atoms with E-state index in [9.17, 15) is 0 Å². The van der Waals surface area contributed by atoms with Gasteiger partial charge in [-0.3, -0.25) is 0 Å². The number of hydrogen-bond donors (Lipinski definition) is 0. The highest BCUT2D eigenvalue weighted by molar-refractivity contribution is 7.99. The zero-order valence-corrected chi connectivity index (χ0v) is 13.7. The fourth-order valence-corrected chi connectivity index (χ4v) is 3.46. The molecule has 0 spiro atoms. The summed E-state index contributed by atoms with van der Waals surface area (Å²) in [6.45, 7) is 0.506. The van der Waals surface area contributed by atoms with Crippen molar-refractivity contribution in [3.8, 4) is 0 Å². The standard InChI is InChI=1S/C17H20N2S.ClH/c1-13(18(2)3)12-19-14-8-4-6-10-16(14)20-17-11-7-5-9-15(17)19;/h4-11,13H,12H2,1-3H3;1H/i2D3;. The van der Waals surface area contributed by atoms with Crippen LogP contribution in [0.2, 0.25) is 0 Å². The van der Waals surface area contributed by atoms with Crippen LogP contribution in [0.3, 0.4) is 0 Å². The molecular formula is C17H21ClN2S. The van der Waals surface area contributed by atoms with Gasteiger partial charge in [0.2, 0.25) is 0 Å². The van der Waals surface area contributed by atoms with Gasteiger partial charge in [-0.25, -0.2) is 0 Å². The van der Waals surface area contributed by atoms with Crippen molar-refractivity contribution < 1.29 is 4.11 Å². The van der Waals surface area contributed by atoms with E-state index in [4.69, 9.17) is 4.11 Å². The van der Waals surface area contributed by atoms with E-state index in [0.717, 1.165) is 11.4 Å². The van der Waals surface area contributed by atoms with Gasteiger partial charge < -0.3 is 9.80 Å². The maximum absolute atomic E-state index is 7.61. The molecule has 2 aromatic carbocycles. The summed E-state index contributed by atoms with van der Waals surface area (Å²) in [7, 11) is 1.66. The van der Waals surface area contributed by atoms with Crippen molar-refractivity contribution in [1.82, 2.24) is 4.90 Å². The van der Waals surface area contributed by atoms with Crippen molar-refractivity contribution in [2.45, 2.75) is 22.8 Å². The molecule has 0 saturated heterocycles. The van der Waals surface area contributed by atoms with Crippen LogP contribution in [-0.2, 0) is 0 Å². The Balaban J connectivity index is 0.00000208. The number of para-hydroxylation sites is 2. The fraction of sp³-hybridized carbons (Fsp3) is 0.294. The largest absolute Gasteiger partial charge is 0.338 e. The SMILES string of the molecule is Cl.[2H]C([2H])([2H])N(C)C(C)CN1c2ccccc2Sc2ccccc21. The minimum Gasteiger partial charge on any atom is -0.338 e. The molecule has 1 atom stereocenters. The maximum Gasteiger partial charge on any atom is 0.0553 e. The fourth-order valence-electron chi connectivity index (χ4n) is 2.36. The van der Waals surface area contributed by atoms with Crippen LogP contribution in [0, 0.1) is 0 Å². The van der Waals surface area contributed by atoms with Crippen LogP contribution in [0.5, 0.6) is 0 Å². The third-order valence-electron chi connectivity index (χ3n) is 3.64. The first-order valence-electron chi connectivity index (χ1n) is 8.24. The topological polar surface area (TPSA) is 6.48 Å². The second kappa shape index (κ2) is 6.73. The van der Waals surface area contributed by atoms with E-state index in [1.807, 2.05) is 31.2 Å². The number of benzene rings is 2. The highest BCUT2D eigenvalue weighted by Gasteiger charge is 2.24. The van der Waals surface area contributed by atoms with E-state index in [1.165, 1.54) is 14.7 Å². The van der Waals surface area contributed by atoms with Crippen molar-refractivity contribution in [3.05, 3.63) is 48.5 Å². The Labute approximate surface area is 141 Å². The lowest BCUT2D eigenvalue weighted by Gasteiger charge is -2.36. The van der Waals surface area contributed by atoms with Gasteiger partial charge in [0.25, 0.3) is 0 Å². The molecule has 0 radical (unpaired) electrons. The molecule has 2 nitrogen and oxygen atoms in total. The Hall–Kier alpha value is -1.16. The number of fused-ring (bicyclic) bond motifs is 2. The summed E-state index contributed by atoms with van der Waals surface area (Å²) in [5.74, 6) is 0. The summed E-state index contributed by atoms with van der Waals surface area (Å²) >= 11 is 1.76. The van der Waals surface area contributed by atoms with Gasteiger partial charge in [0, 0.05) is 26.5 Å². The zero-order valence-electron chi connectivity index (χ0n) is 15.1. The molecule has 2 aromatic rings. The second-order valence-electron chi connectivity index (χ2n) is 5.11. The van der Waals surface area contributed by atoms with Crippen LogP contribution < -0.4 is 4.90 Å². The van der Waals surface area contributed by atoms with E-state index < -0.39 is 6.98 Å². The summed E-state index contributed by atoms with van der Waals surface area (Å²) in [5.41, 5.74) is 2.28. The van der Waals surface area contributed by atoms with E-state index >= 15 is 0 Å². The van der Waals surface area contributed by atoms with Crippen LogP contribution >= 0.6 is 24.2 Å². The van der Waals surface area contributed by atoms with Crippen LogP contribution in [0.4, 0.5) is 11.4 Å². The number of rotatable bonds is 3. The van der Waals surface area contributed by atoms with Gasteiger partial charge in [-0.15, -0.1) is 12.4 Å². The first-order chi connectivity index (χ1) is 10.9. The van der Waals surface area contributed by atoms with Crippen LogP contribution in [-0.4, -0.2) is 31.5 Å². The van der Waals surface area contributed by atoms with Gasteiger partial charge in [-0.2, -0.15) is 0 Å². The first kappa shape index (κ1) is 12.4. The Morgan fingerprint density at radius 1 is 1.10 bits per heavy atom. The minimum atomic E-state index is -2.08. The van der Waals surface area contributed by atoms with Crippen LogP contribution in [0.25, 0.3) is 0 Å². The third kappa shape index (κ3) is 3.20. The predicted molar refractivity (Wildman–Crippen MR) is 94.4 cm³/mol. The Kier molecular flexibility index (Phi) is 3.97. The lowest BCUT2D eigenvalue weighted by atomic mass is 10.2. The highest BCUT2D eigenvalue weighted by Crippen LogP contribution is 2.47. The van der Waals surface area contributed by atoms with Gasteiger partial charge >= 0.3 is 0 Å². The molecule has 0 aliphatic carbocycles. The molecule has 1 heterocycles. The molecule has 0 amide bonds. The summed E-state index contributed by atoms with van der Waals surface area (Å²) < 4.78 is 22.8. The monoisotopic (exact) mass is 323 g/mol. The molecule has 0 bridgehead atoms. The van der Waals surface area contributed by atoms with Gasteiger partial charge in [-0.1, -0.05) is 36.0 Å². The summed E-state index contributed by atoms with van der Waals surface area (Å²) in [6, 6.07) is 16.4. The van der Waals surface area contributed by atoms with Crippen molar-refractivity contribution in [1.29, 1.82) is 0 Å². The molecule has 1 aliphatic heterocycles. The van der Waals surface area contributed by atoms with Gasteiger partial charge in [0.05, 0.1) is 11.4 Å². The molecule has 1 unspecified atom stereocenters. The van der Waals surface area contributed by atoms with Crippen LogP contribution in [0.1, 0.15) is 11.0 Å². The molecular weight excluding hydrogens is 300 g/mol. The number of halogens is 1. The summed E-state index contributed by atoms with van der Waals surface area (Å²) in [6.07, 6.45) is 0. The quantitative estimate of drug-likeness (QED) is 0.811. The van der Waals surface area contributed by atoms with Crippen molar-refractivity contribution in [3.63, 3.8) is 0 Å². The molecule has 0 N–H and O–H groups in total. The van der Waals surface area contributed by atoms with E-state index in [0.29, 0.717) is 6.54 Å². The van der Waals surface area contributed by atoms with Crippen LogP contribution in [0.15, 0.2) is 58.3 Å². The molecule has 112 valence electrons. The van der Waals surface area contributed by atoms with Gasteiger partial charge in [-0.05, 0) is 45.2 Å². The first-order valence-corrected chi connectivity index (χ1v) is 7.56.